The molecule has 1 aliphatic rings. The Hall–Kier alpha value is -1.93. The largest absolute Gasteiger partial charge is 0.293 e. The predicted molar refractivity (Wildman–Crippen MR) is 82.6 cm³/mol. The van der Waals surface area contributed by atoms with Gasteiger partial charge in [0.25, 0.3) is 11.6 Å². The molecule has 0 aromatic heterocycles. The van der Waals surface area contributed by atoms with Gasteiger partial charge in [-0.15, -0.1) is 0 Å². The lowest BCUT2D eigenvalue weighted by Crippen LogP contribution is -2.40. The zero-order valence-corrected chi connectivity index (χ0v) is 12.2. The third-order valence-corrected chi connectivity index (χ3v) is 3.92. The standard InChI is InChI=1S/C13H16N4O3S/c18-13(10-16-5-7-21-8-6-16)15-14-9-11-1-3-12(4-2-11)17(19)20/h1-4,9H,5-8,10H2,(H,15,18). The quantitative estimate of drug-likeness (QED) is 0.500. The van der Waals surface area contributed by atoms with Crippen molar-refractivity contribution >= 4 is 29.6 Å². The van der Waals surface area contributed by atoms with Gasteiger partial charge in [-0.25, -0.2) is 5.43 Å². The summed E-state index contributed by atoms with van der Waals surface area (Å²) in [7, 11) is 0. The van der Waals surface area contributed by atoms with Gasteiger partial charge >= 0.3 is 0 Å². The normalized spacial score (nSPS) is 16.0. The Kier molecular flexibility index (Phi) is 5.70. The first-order valence-corrected chi connectivity index (χ1v) is 7.67. The van der Waals surface area contributed by atoms with E-state index in [0.29, 0.717) is 12.1 Å². The summed E-state index contributed by atoms with van der Waals surface area (Å²) in [6.07, 6.45) is 1.47. The van der Waals surface area contributed by atoms with Crippen LogP contribution in [0.5, 0.6) is 0 Å². The smallest absolute Gasteiger partial charge is 0.269 e. The number of nitro benzene ring substituents is 1. The van der Waals surface area contributed by atoms with Crippen LogP contribution in [0, 0.1) is 10.1 Å². The Morgan fingerprint density at radius 2 is 2.05 bits per heavy atom. The summed E-state index contributed by atoms with van der Waals surface area (Å²) in [6, 6.07) is 5.95. The van der Waals surface area contributed by atoms with Gasteiger partial charge < -0.3 is 0 Å². The highest BCUT2D eigenvalue weighted by Crippen LogP contribution is 2.10. The molecule has 1 aromatic rings. The first-order valence-electron chi connectivity index (χ1n) is 6.51. The fourth-order valence-corrected chi connectivity index (χ4v) is 2.84. The van der Waals surface area contributed by atoms with E-state index in [1.807, 2.05) is 11.8 Å². The number of nitro groups is 1. The van der Waals surface area contributed by atoms with Gasteiger partial charge in [-0.1, -0.05) is 0 Å². The average Bonchev–Trinajstić information content (AvgIpc) is 2.49. The summed E-state index contributed by atoms with van der Waals surface area (Å²) < 4.78 is 0. The maximum atomic E-state index is 11.7. The topological polar surface area (TPSA) is 87.8 Å². The highest BCUT2D eigenvalue weighted by molar-refractivity contribution is 7.99. The molecule has 1 N–H and O–H groups in total. The summed E-state index contributed by atoms with van der Waals surface area (Å²) in [4.78, 5) is 23.8. The Bertz CT molecular complexity index is 527. The summed E-state index contributed by atoms with van der Waals surface area (Å²) in [5.41, 5.74) is 3.18. The van der Waals surface area contributed by atoms with Crippen molar-refractivity contribution in [1.29, 1.82) is 0 Å². The molecule has 1 heterocycles. The molecule has 21 heavy (non-hydrogen) atoms. The second-order valence-corrected chi connectivity index (χ2v) is 5.76. The Morgan fingerprint density at radius 3 is 2.67 bits per heavy atom. The Labute approximate surface area is 126 Å². The van der Waals surface area contributed by atoms with Crippen LogP contribution in [0.3, 0.4) is 0 Å². The molecule has 1 aromatic carbocycles. The van der Waals surface area contributed by atoms with Crippen molar-refractivity contribution in [2.75, 3.05) is 31.1 Å². The Morgan fingerprint density at radius 1 is 1.38 bits per heavy atom. The zero-order chi connectivity index (χ0) is 15.1. The van der Waals surface area contributed by atoms with Gasteiger partial charge in [0.05, 0.1) is 17.7 Å². The van der Waals surface area contributed by atoms with E-state index in [4.69, 9.17) is 0 Å². The minimum absolute atomic E-state index is 0.0270. The second-order valence-electron chi connectivity index (χ2n) is 4.53. The number of nitrogens with one attached hydrogen (secondary N) is 1. The first kappa shape index (κ1) is 15.5. The predicted octanol–water partition coefficient (Wildman–Crippen LogP) is 1.09. The summed E-state index contributed by atoms with van der Waals surface area (Å²) in [6.45, 7) is 2.19. The number of benzene rings is 1. The van der Waals surface area contributed by atoms with Gasteiger partial charge in [0, 0.05) is 36.7 Å². The molecule has 1 fully saturated rings. The van der Waals surface area contributed by atoms with E-state index in [1.54, 1.807) is 12.1 Å². The fraction of sp³-hybridized carbons (Fsp3) is 0.385. The van der Waals surface area contributed by atoms with E-state index in [9.17, 15) is 14.9 Å². The number of carbonyl (C=O) groups is 1. The molecule has 0 radical (unpaired) electrons. The van der Waals surface area contributed by atoms with E-state index in [-0.39, 0.29) is 11.6 Å². The molecule has 0 unspecified atom stereocenters. The van der Waals surface area contributed by atoms with E-state index < -0.39 is 4.92 Å². The average molecular weight is 308 g/mol. The van der Waals surface area contributed by atoms with Gasteiger partial charge in [-0.3, -0.25) is 19.8 Å². The van der Waals surface area contributed by atoms with Crippen molar-refractivity contribution in [2.45, 2.75) is 0 Å². The van der Waals surface area contributed by atoms with Crippen LogP contribution in [0.25, 0.3) is 0 Å². The highest BCUT2D eigenvalue weighted by atomic mass is 32.2. The van der Waals surface area contributed by atoms with Gasteiger partial charge in [0.15, 0.2) is 0 Å². The van der Waals surface area contributed by atoms with Gasteiger partial charge in [0.1, 0.15) is 0 Å². The van der Waals surface area contributed by atoms with Crippen LogP contribution in [0.4, 0.5) is 5.69 Å². The van der Waals surface area contributed by atoms with E-state index in [1.165, 1.54) is 18.3 Å². The van der Waals surface area contributed by atoms with Crippen molar-refractivity contribution in [3.8, 4) is 0 Å². The van der Waals surface area contributed by atoms with Crippen LogP contribution >= 0.6 is 11.8 Å². The summed E-state index contributed by atoms with van der Waals surface area (Å²) in [5, 5.41) is 14.4. The van der Waals surface area contributed by atoms with Crippen LogP contribution in [-0.2, 0) is 4.79 Å². The number of hydrazone groups is 1. The zero-order valence-electron chi connectivity index (χ0n) is 11.4. The SMILES string of the molecule is O=C(CN1CCSCC1)NN=Cc1ccc([N+](=O)[O-])cc1. The minimum atomic E-state index is -0.459. The Balaban J connectivity index is 1.78. The van der Waals surface area contributed by atoms with Crippen LogP contribution in [0.2, 0.25) is 0 Å². The van der Waals surface area contributed by atoms with Crippen LogP contribution < -0.4 is 5.43 Å². The van der Waals surface area contributed by atoms with Crippen LogP contribution in [-0.4, -0.2) is 53.1 Å². The van der Waals surface area contributed by atoms with Crippen molar-refractivity contribution in [2.24, 2.45) is 5.10 Å². The van der Waals surface area contributed by atoms with E-state index >= 15 is 0 Å². The number of carbonyl (C=O) groups excluding carboxylic acids is 1. The van der Waals surface area contributed by atoms with Crippen LogP contribution in [0.1, 0.15) is 5.56 Å². The van der Waals surface area contributed by atoms with Gasteiger partial charge in [0.2, 0.25) is 0 Å². The molecule has 0 bridgehead atoms. The number of hydrogen-bond acceptors (Lipinski definition) is 6. The van der Waals surface area contributed by atoms with E-state index in [2.05, 4.69) is 15.4 Å². The maximum Gasteiger partial charge on any atom is 0.269 e. The van der Waals surface area contributed by atoms with Gasteiger partial charge in [-0.2, -0.15) is 16.9 Å². The van der Waals surface area contributed by atoms with E-state index in [0.717, 1.165) is 24.6 Å². The monoisotopic (exact) mass is 308 g/mol. The lowest BCUT2D eigenvalue weighted by atomic mass is 10.2. The number of non-ortho nitro benzene ring substituents is 1. The molecular weight excluding hydrogens is 292 g/mol. The lowest BCUT2D eigenvalue weighted by molar-refractivity contribution is -0.384. The number of thioether (sulfide) groups is 1. The number of hydrogen-bond donors (Lipinski definition) is 1. The van der Waals surface area contributed by atoms with Gasteiger partial charge in [-0.05, 0) is 17.7 Å². The third kappa shape index (κ3) is 5.16. The highest BCUT2D eigenvalue weighted by Gasteiger charge is 2.13. The molecule has 1 amide bonds. The number of nitrogens with zero attached hydrogens (tertiary/aromatic N) is 3. The summed E-state index contributed by atoms with van der Waals surface area (Å²) in [5.74, 6) is 1.96. The molecule has 0 atom stereocenters. The number of rotatable bonds is 5. The molecular formula is C13H16N4O3S. The fourth-order valence-electron chi connectivity index (χ4n) is 1.86. The summed E-state index contributed by atoms with van der Waals surface area (Å²) >= 11 is 1.89. The third-order valence-electron chi connectivity index (χ3n) is 2.98. The molecule has 1 aliphatic heterocycles. The maximum absolute atomic E-state index is 11.7. The molecule has 112 valence electrons. The molecule has 2 rings (SSSR count). The first-order chi connectivity index (χ1) is 10.1. The molecule has 0 saturated carbocycles. The molecule has 8 heteroatoms. The molecule has 0 aliphatic carbocycles. The molecule has 1 saturated heterocycles. The molecule has 0 spiro atoms. The number of amides is 1. The molecule has 7 nitrogen and oxygen atoms in total. The second kappa shape index (κ2) is 7.75. The lowest BCUT2D eigenvalue weighted by Gasteiger charge is -2.24. The van der Waals surface area contributed by atoms with Crippen LogP contribution in [0.15, 0.2) is 29.4 Å². The van der Waals surface area contributed by atoms with Crippen molar-refractivity contribution in [1.82, 2.24) is 10.3 Å². The van der Waals surface area contributed by atoms with Crippen molar-refractivity contribution < 1.29 is 9.72 Å². The van der Waals surface area contributed by atoms with Crippen molar-refractivity contribution in [3.05, 3.63) is 39.9 Å². The van der Waals surface area contributed by atoms with Crippen molar-refractivity contribution in [3.63, 3.8) is 0 Å². The minimum Gasteiger partial charge on any atom is -0.293 e.